The van der Waals surface area contributed by atoms with E-state index in [0.29, 0.717) is 31.1 Å². The Hall–Kier alpha value is -2.45. The maximum Gasteiger partial charge on any atom is 0.254 e. The van der Waals surface area contributed by atoms with E-state index in [4.69, 9.17) is 9.47 Å². The van der Waals surface area contributed by atoms with Crippen molar-refractivity contribution in [3.05, 3.63) is 60.2 Å². The molecule has 2 atom stereocenters. The van der Waals surface area contributed by atoms with E-state index < -0.39 is 12.2 Å². The lowest BCUT2D eigenvalue weighted by Gasteiger charge is -2.32. The molecule has 1 amide bonds. The van der Waals surface area contributed by atoms with Crippen LogP contribution in [-0.2, 0) is 16.1 Å². The number of carbonyl (C=O) groups is 1. The summed E-state index contributed by atoms with van der Waals surface area (Å²) in [5.74, 6) is 0.497. The van der Waals surface area contributed by atoms with Crippen LogP contribution >= 0.6 is 0 Å². The standard InChI is InChI=1S/C23H31N3O4/c1-25(2)15-20(27)17-30-21-10-8-19(9-11-21)24-23(28)22-16-26(12-13-29-22)14-18-6-4-3-5-7-18/h3-11,20,22,27H,12-17H2,1-2H3,(H,24,28). The average molecular weight is 414 g/mol. The van der Waals surface area contributed by atoms with Crippen LogP contribution in [0.5, 0.6) is 5.75 Å². The fourth-order valence-electron chi connectivity index (χ4n) is 3.37. The maximum absolute atomic E-state index is 12.6. The van der Waals surface area contributed by atoms with Gasteiger partial charge in [-0.05, 0) is 43.9 Å². The summed E-state index contributed by atoms with van der Waals surface area (Å²) in [6, 6.07) is 17.4. The first kappa shape index (κ1) is 22.2. The normalized spacial score (nSPS) is 18.2. The number of benzene rings is 2. The molecular formula is C23H31N3O4. The first-order chi connectivity index (χ1) is 14.5. The molecule has 30 heavy (non-hydrogen) atoms. The summed E-state index contributed by atoms with van der Waals surface area (Å²) in [7, 11) is 3.80. The summed E-state index contributed by atoms with van der Waals surface area (Å²) >= 11 is 0. The molecule has 0 spiro atoms. The zero-order valence-corrected chi connectivity index (χ0v) is 17.7. The number of nitrogens with zero attached hydrogens (tertiary/aromatic N) is 2. The number of amides is 1. The molecule has 0 saturated carbocycles. The van der Waals surface area contributed by atoms with Gasteiger partial charge in [-0.2, -0.15) is 0 Å². The number of anilines is 1. The number of hydrogen-bond donors (Lipinski definition) is 2. The van der Waals surface area contributed by atoms with Gasteiger partial charge in [-0.15, -0.1) is 0 Å². The van der Waals surface area contributed by atoms with Gasteiger partial charge in [-0.1, -0.05) is 30.3 Å². The van der Waals surface area contributed by atoms with Crippen LogP contribution in [0, 0.1) is 0 Å². The van der Waals surface area contributed by atoms with Gasteiger partial charge < -0.3 is 24.8 Å². The second-order valence-electron chi connectivity index (χ2n) is 7.82. The van der Waals surface area contributed by atoms with Crippen molar-refractivity contribution in [2.24, 2.45) is 0 Å². The summed E-state index contributed by atoms with van der Waals surface area (Å²) in [4.78, 5) is 16.8. The molecule has 0 aliphatic carbocycles. The molecule has 2 aromatic carbocycles. The number of carbonyl (C=O) groups excluding carboxylic acids is 1. The van der Waals surface area contributed by atoms with E-state index in [1.807, 2.05) is 37.2 Å². The van der Waals surface area contributed by atoms with E-state index in [9.17, 15) is 9.90 Å². The third-order valence-corrected chi connectivity index (χ3v) is 4.83. The van der Waals surface area contributed by atoms with Crippen LogP contribution < -0.4 is 10.1 Å². The van der Waals surface area contributed by atoms with Crippen molar-refractivity contribution in [2.75, 3.05) is 52.3 Å². The van der Waals surface area contributed by atoms with Gasteiger partial charge in [0.25, 0.3) is 5.91 Å². The van der Waals surface area contributed by atoms with Crippen LogP contribution in [0.1, 0.15) is 5.56 Å². The van der Waals surface area contributed by atoms with Crippen molar-refractivity contribution in [1.29, 1.82) is 0 Å². The van der Waals surface area contributed by atoms with Gasteiger partial charge in [-0.25, -0.2) is 0 Å². The zero-order valence-electron chi connectivity index (χ0n) is 17.7. The molecule has 7 heteroatoms. The van der Waals surface area contributed by atoms with Gasteiger partial charge in [0.2, 0.25) is 0 Å². The average Bonchev–Trinajstić information content (AvgIpc) is 2.74. The fourth-order valence-corrected chi connectivity index (χ4v) is 3.37. The molecule has 2 unspecified atom stereocenters. The highest BCUT2D eigenvalue weighted by atomic mass is 16.5. The molecule has 0 radical (unpaired) electrons. The molecule has 2 aromatic rings. The van der Waals surface area contributed by atoms with Gasteiger partial charge >= 0.3 is 0 Å². The minimum atomic E-state index is -0.554. The smallest absolute Gasteiger partial charge is 0.254 e. The lowest BCUT2D eigenvalue weighted by molar-refractivity contribution is -0.133. The molecule has 1 fully saturated rings. The molecule has 0 aromatic heterocycles. The number of aliphatic hydroxyl groups is 1. The molecule has 0 bridgehead atoms. The molecule has 1 saturated heterocycles. The number of morpholine rings is 1. The Morgan fingerprint density at radius 3 is 2.67 bits per heavy atom. The SMILES string of the molecule is CN(C)CC(O)COc1ccc(NC(=O)C2CN(Cc3ccccc3)CCO2)cc1. The number of aliphatic hydroxyl groups excluding tert-OH is 1. The van der Waals surface area contributed by atoms with Crippen molar-refractivity contribution in [3.63, 3.8) is 0 Å². The van der Waals surface area contributed by atoms with Gasteiger partial charge in [-0.3, -0.25) is 9.69 Å². The fraction of sp³-hybridized carbons (Fsp3) is 0.435. The molecule has 7 nitrogen and oxygen atoms in total. The predicted molar refractivity (Wildman–Crippen MR) is 117 cm³/mol. The quantitative estimate of drug-likeness (QED) is 0.653. The highest BCUT2D eigenvalue weighted by Gasteiger charge is 2.26. The van der Waals surface area contributed by atoms with Crippen LogP contribution in [0.25, 0.3) is 0 Å². The number of ether oxygens (including phenoxy) is 2. The van der Waals surface area contributed by atoms with E-state index >= 15 is 0 Å². The van der Waals surface area contributed by atoms with Crippen molar-refractivity contribution in [3.8, 4) is 5.75 Å². The van der Waals surface area contributed by atoms with Crippen LogP contribution in [-0.4, -0.2) is 80.0 Å². The first-order valence-corrected chi connectivity index (χ1v) is 10.2. The van der Waals surface area contributed by atoms with Crippen molar-refractivity contribution in [2.45, 2.75) is 18.8 Å². The molecule has 162 valence electrons. The third kappa shape index (κ3) is 7.11. The zero-order chi connectivity index (χ0) is 21.3. The maximum atomic E-state index is 12.6. The Balaban J connectivity index is 1.46. The Morgan fingerprint density at radius 2 is 1.97 bits per heavy atom. The lowest BCUT2D eigenvalue weighted by atomic mass is 10.2. The topological polar surface area (TPSA) is 74.3 Å². The van der Waals surface area contributed by atoms with Crippen LogP contribution in [0.4, 0.5) is 5.69 Å². The van der Waals surface area contributed by atoms with E-state index in [0.717, 1.165) is 13.1 Å². The van der Waals surface area contributed by atoms with Gasteiger partial charge in [0.1, 0.15) is 24.6 Å². The first-order valence-electron chi connectivity index (χ1n) is 10.2. The summed E-state index contributed by atoms with van der Waals surface area (Å²) in [5, 5.41) is 12.8. The highest BCUT2D eigenvalue weighted by Crippen LogP contribution is 2.17. The van der Waals surface area contributed by atoms with Gasteiger partial charge in [0, 0.05) is 31.9 Å². The van der Waals surface area contributed by atoms with Crippen molar-refractivity contribution >= 4 is 11.6 Å². The van der Waals surface area contributed by atoms with E-state index in [-0.39, 0.29) is 12.5 Å². The predicted octanol–water partition coefficient (Wildman–Crippen LogP) is 1.83. The van der Waals surface area contributed by atoms with Crippen molar-refractivity contribution < 1.29 is 19.4 Å². The van der Waals surface area contributed by atoms with E-state index in [1.165, 1.54) is 5.56 Å². The molecule has 1 heterocycles. The Morgan fingerprint density at radius 1 is 1.23 bits per heavy atom. The monoisotopic (exact) mass is 413 g/mol. The second-order valence-corrected chi connectivity index (χ2v) is 7.82. The summed E-state index contributed by atoms with van der Waals surface area (Å²) < 4.78 is 11.3. The van der Waals surface area contributed by atoms with Crippen molar-refractivity contribution in [1.82, 2.24) is 9.80 Å². The summed E-state index contributed by atoms with van der Waals surface area (Å²) in [6.45, 7) is 3.47. The molecule has 2 N–H and O–H groups in total. The largest absolute Gasteiger partial charge is 0.491 e. The number of nitrogens with one attached hydrogen (secondary N) is 1. The molecule has 1 aliphatic rings. The van der Waals surface area contributed by atoms with Crippen LogP contribution in [0.15, 0.2) is 54.6 Å². The number of likely N-dealkylation sites (N-methyl/N-ethyl adjacent to an activating group) is 1. The minimum absolute atomic E-state index is 0.150. The van der Waals surface area contributed by atoms with Crippen LogP contribution in [0.3, 0.4) is 0 Å². The Bertz CT molecular complexity index is 783. The number of hydrogen-bond acceptors (Lipinski definition) is 6. The lowest BCUT2D eigenvalue weighted by Crippen LogP contribution is -2.47. The van der Waals surface area contributed by atoms with Crippen LogP contribution in [0.2, 0.25) is 0 Å². The summed E-state index contributed by atoms with van der Waals surface area (Å²) in [5.41, 5.74) is 1.91. The Labute approximate surface area is 178 Å². The van der Waals surface area contributed by atoms with Gasteiger partial charge in [0.05, 0.1) is 6.61 Å². The minimum Gasteiger partial charge on any atom is -0.491 e. The number of rotatable bonds is 9. The van der Waals surface area contributed by atoms with E-state index in [1.54, 1.807) is 24.3 Å². The van der Waals surface area contributed by atoms with E-state index in [2.05, 4.69) is 22.3 Å². The van der Waals surface area contributed by atoms with Gasteiger partial charge in [0.15, 0.2) is 0 Å². The molecule has 3 rings (SSSR count). The second kappa shape index (κ2) is 11.1. The summed E-state index contributed by atoms with van der Waals surface area (Å²) in [6.07, 6.45) is -1.05. The highest BCUT2D eigenvalue weighted by molar-refractivity contribution is 5.94. The molecule has 1 aliphatic heterocycles. The molecular weight excluding hydrogens is 382 g/mol. The third-order valence-electron chi connectivity index (χ3n) is 4.83. The Kier molecular flexibility index (Phi) is 8.21.